The van der Waals surface area contributed by atoms with E-state index in [2.05, 4.69) is 5.32 Å². The fourth-order valence-electron chi connectivity index (χ4n) is 2.84. The number of benzene rings is 1. The number of nitrogens with one attached hydrogen (secondary N) is 1. The van der Waals surface area contributed by atoms with Crippen molar-refractivity contribution in [2.24, 2.45) is 0 Å². The Hall–Kier alpha value is -1.66. The van der Waals surface area contributed by atoms with E-state index in [9.17, 15) is 9.59 Å². The number of hydrogen-bond acceptors (Lipinski definition) is 4. The first-order chi connectivity index (χ1) is 11.9. The Morgan fingerprint density at radius 1 is 1.20 bits per heavy atom. The highest BCUT2D eigenvalue weighted by atomic mass is 35.5. The van der Waals surface area contributed by atoms with Gasteiger partial charge in [0, 0.05) is 19.1 Å². The molecule has 0 unspecified atom stereocenters. The van der Waals surface area contributed by atoms with Gasteiger partial charge in [-0.05, 0) is 30.5 Å². The number of methoxy groups -OCH3 is 2. The van der Waals surface area contributed by atoms with Crippen molar-refractivity contribution in [3.63, 3.8) is 0 Å². The maximum Gasteiger partial charge on any atom is 0.255 e. The molecule has 0 radical (unpaired) electrons. The molecule has 8 heteroatoms. The van der Waals surface area contributed by atoms with Crippen LogP contribution in [-0.4, -0.2) is 54.9 Å². The Bertz CT molecular complexity index is 617. The Labute approximate surface area is 157 Å². The number of alkyl halides is 2. The third-order valence-electron chi connectivity index (χ3n) is 4.17. The maximum atomic E-state index is 12.3. The van der Waals surface area contributed by atoms with Gasteiger partial charge in [0.2, 0.25) is 5.91 Å². The summed E-state index contributed by atoms with van der Waals surface area (Å²) in [5.74, 6) is 0.875. The normalized spacial score (nSPS) is 15.2. The van der Waals surface area contributed by atoms with E-state index in [0.29, 0.717) is 37.4 Å². The monoisotopic (exact) mass is 388 g/mol. The van der Waals surface area contributed by atoms with Crippen LogP contribution in [0.15, 0.2) is 18.2 Å². The van der Waals surface area contributed by atoms with E-state index < -0.39 is 4.84 Å². The van der Waals surface area contributed by atoms with Gasteiger partial charge in [-0.2, -0.15) is 0 Å². The quantitative estimate of drug-likeness (QED) is 0.758. The second kappa shape index (κ2) is 9.15. The molecule has 6 nitrogen and oxygen atoms in total. The Balaban J connectivity index is 1.84. The molecule has 1 fully saturated rings. The molecular weight excluding hydrogens is 367 g/mol. The highest BCUT2D eigenvalue weighted by Gasteiger charge is 2.26. The first-order valence-corrected chi connectivity index (χ1v) is 8.89. The number of carbonyl (C=O) groups is 2. The van der Waals surface area contributed by atoms with Crippen LogP contribution in [0.5, 0.6) is 11.5 Å². The van der Waals surface area contributed by atoms with Gasteiger partial charge in [0.25, 0.3) is 5.91 Å². The van der Waals surface area contributed by atoms with Crippen LogP contribution in [0.25, 0.3) is 0 Å². The molecule has 1 aliphatic rings. The lowest BCUT2D eigenvalue weighted by atomic mass is 10.0. The molecule has 1 saturated heterocycles. The molecule has 138 valence electrons. The molecule has 0 saturated carbocycles. The molecule has 2 amide bonds. The summed E-state index contributed by atoms with van der Waals surface area (Å²) in [6.45, 7) is 1.08. The molecule has 25 heavy (non-hydrogen) atoms. The van der Waals surface area contributed by atoms with E-state index in [0.717, 1.165) is 5.56 Å². The molecule has 0 atom stereocenters. The summed E-state index contributed by atoms with van der Waals surface area (Å²) in [5.41, 5.74) is 0.842. The molecule has 1 heterocycles. The minimum absolute atomic E-state index is 0.0424. The van der Waals surface area contributed by atoms with Crippen LogP contribution in [-0.2, 0) is 16.0 Å². The summed E-state index contributed by atoms with van der Waals surface area (Å²) in [7, 11) is 3.13. The van der Waals surface area contributed by atoms with Crippen molar-refractivity contribution >= 4 is 35.0 Å². The van der Waals surface area contributed by atoms with Gasteiger partial charge < -0.3 is 19.7 Å². The fraction of sp³-hybridized carbons (Fsp3) is 0.529. The van der Waals surface area contributed by atoms with Crippen molar-refractivity contribution < 1.29 is 19.1 Å². The van der Waals surface area contributed by atoms with E-state index in [4.69, 9.17) is 32.7 Å². The summed E-state index contributed by atoms with van der Waals surface area (Å²) in [6, 6.07) is 5.45. The minimum atomic E-state index is -1.03. The lowest BCUT2D eigenvalue weighted by Gasteiger charge is -2.32. The van der Waals surface area contributed by atoms with E-state index in [1.54, 1.807) is 31.3 Å². The maximum absolute atomic E-state index is 12.3. The summed E-state index contributed by atoms with van der Waals surface area (Å²) < 4.78 is 10.4. The van der Waals surface area contributed by atoms with Crippen molar-refractivity contribution in [2.75, 3.05) is 27.3 Å². The van der Waals surface area contributed by atoms with Crippen LogP contribution < -0.4 is 14.8 Å². The zero-order valence-corrected chi connectivity index (χ0v) is 15.8. The molecule has 0 aromatic heterocycles. The van der Waals surface area contributed by atoms with Gasteiger partial charge in [0.1, 0.15) is 0 Å². The highest BCUT2D eigenvalue weighted by Crippen LogP contribution is 2.27. The van der Waals surface area contributed by atoms with Crippen molar-refractivity contribution in [3.8, 4) is 11.5 Å². The molecule has 0 spiro atoms. The lowest BCUT2D eigenvalue weighted by Crippen LogP contribution is -2.48. The average molecular weight is 389 g/mol. The highest BCUT2D eigenvalue weighted by molar-refractivity contribution is 6.53. The zero-order chi connectivity index (χ0) is 18.4. The van der Waals surface area contributed by atoms with Gasteiger partial charge >= 0.3 is 0 Å². The van der Waals surface area contributed by atoms with Gasteiger partial charge in [0.05, 0.1) is 20.6 Å². The predicted octanol–water partition coefficient (Wildman–Crippen LogP) is 2.16. The molecule has 2 rings (SSSR count). The van der Waals surface area contributed by atoms with Crippen molar-refractivity contribution in [3.05, 3.63) is 23.8 Å². The van der Waals surface area contributed by atoms with E-state index >= 15 is 0 Å². The van der Waals surface area contributed by atoms with Gasteiger partial charge in [-0.1, -0.05) is 29.3 Å². The summed E-state index contributed by atoms with van der Waals surface area (Å²) in [6.07, 6.45) is 1.62. The average Bonchev–Trinajstić information content (AvgIpc) is 2.61. The topological polar surface area (TPSA) is 67.9 Å². The largest absolute Gasteiger partial charge is 0.493 e. The van der Waals surface area contributed by atoms with Crippen molar-refractivity contribution in [1.82, 2.24) is 10.2 Å². The summed E-state index contributed by atoms with van der Waals surface area (Å²) in [5, 5.41) is 3.01. The number of likely N-dealkylation sites (tertiary alicyclic amines) is 1. The number of carbonyl (C=O) groups excluding carboxylic acids is 2. The first-order valence-electron chi connectivity index (χ1n) is 8.01. The standard InChI is InChI=1S/C17H22Cl2N2O4/c1-24-13-4-3-11(9-14(13)25-2)10-15(22)20-12-5-7-21(8-6-12)17(23)16(18)19/h3-4,9,12,16H,5-8,10H2,1-2H3,(H,20,22). The molecule has 1 aromatic rings. The molecule has 1 aliphatic heterocycles. The van der Waals surface area contributed by atoms with Crippen LogP contribution in [0.1, 0.15) is 18.4 Å². The van der Waals surface area contributed by atoms with Crippen molar-refractivity contribution in [2.45, 2.75) is 30.1 Å². The summed E-state index contributed by atoms with van der Waals surface area (Å²) in [4.78, 5) is 24.6. The first kappa shape index (κ1) is 19.7. The van der Waals surface area contributed by atoms with E-state index in [1.807, 2.05) is 6.07 Å². The number of ether oxygens (including phenoxy) is 2. The Morgan fingerprint density at radius 3 is 2.40 bits per heavy atom. The predicted molar refractivity (Wildman–Crippen MR) is 96.5 cm³/mol. The Morgan fingerprint density at radius 2 is 1.84 bits per heavy atom. The number of hydrogen-bond donors (Lipinski definition) is 1. The second-order valence-electron chi connectivity index (χ2n) is 5.83. The van der Waals surface area contributed by atoms with Gasteiger partial charge in [-0.25, -0.2) is 0 Å². The lowest BCUT2D eigenvalue weighted by molar-refractivity contribution is -0.130. The SMILES string of the molecule is COc1ccc(CC(=O)NC2CCN(C(=O)C(Cl)Cl)CC2)cc1OC. The Kier molecular flexibility index (Phi) is 7.20. The number of piperidine rings is 1. The molecule has 0 aliphatic carbocycles. The van der Waals surface area contributed by atoms with Gasteiger partial charge in [-0.3, -0.25) is 9.59 Å². The van der Waals surface area contributed by atoms with Crippen LogP contribution in [0.2, 0.25) is 0 Å². The number of rotatable bonds is 6. The number of amides is 2. The smallest absolute Gasteiger partial charge is 0.255 e. The van der Waals surface area contributed by atoms with E-state index in [1.165, 1.54) is 0 Å². The molecule has 0 bridgehead atoms. The summed E-state index contributed by atoms with van der Waals surface area (Å²) >= 11 is 11.2. The van der Waals surface area contributed by atoms with Crippen LogP contribution in [0.3, 0.4) is 0 Å². The minimum Gasteiger partial charge on any atom is -0.493 e. The van der Waals surface area contributed by atoms with Gasteiger partial charge in [0.15, 0.2) is 16.3 Å². The van der Waals surface area contributed by atoms with Crippen molar-refractivity contribution in [1.29, 1.82) is 0 Å². The molecule has 1 N–H and O–H groups in total. The molecular formula is C17H22Cl2N2O4. The third kappa shape index (κ3) is 5.41. The zero-order valence-electron chi connectivity index (χ0n) is 14.3. The van der Waals surface area contributed by atoms with Crippen LogP contribution in [0, 0.1) is 0 Å². The third-order valence-corrected chi connectivity index (χ3v) is 4.54. The molecule has 1 aromatic carbocycles. The van der Waals surface area contributed by atoms with Crippen LogP contribution >= 0.6 is 23.2 Å². The fourth-order valence-corrected chi connectivity index (χ4v) is 3.11. The van der Waals surface area contributed by atoms with Gasteiger partial charge in [-0.15, -0.1) is 0 Å². The second-order valence-corrected chi connectivity index (χ2v) is 6.93. The van der Waals surface area contributed by atoms with Crippen LogP contribution in [0.4, 0.5) is 0 Å². The number of halogens is 2. The van der Waals surface area contributed by atoms with E-state index in [-0.39, 0.29) is 24.3 Å². The number of nitrogens with zero attached hydrogens (tertiary/aromatic N) is 1.